The van der Waals surface area contributed by atoms with E-state index in [9.17, 15) is 9.59 Å². The molecule has 2 heterocycles. The normalized spacial score (nSPS) is 13.3. The highest BCUT2D eigenvalue weighted by Crippen LogP contribution is 2.26. The number of benzene rings is 1. The molecule has 0 radical (unpaired) electrons. The summed E-state index contributed by atoms with van der Waals surface area (Å²) in [6.45, 7) is 2.17. The van der Waals surface area contributed by atoms with Crippen molar-refractivity contribution in [1.29, 1.82) is 0 Å². The Hall–Kier alpha value is -2.26. The first-order valence-corrected chi connectivity index (χ1v) is 9.87. The van der Waals surface area contributed by atoms with Crippen molar-refractivity contribution in [3.05, 3.63) is 47.2 Å². The van der Waals surface area contributed by atoms with Crippen molar-refractivity contribution in [3.63, 3.8) is 0 Å². The number of ether oxygens (including phenoxy) is 1. The van der Waals surface area contributed by atoms with E-state index in [1.54, 1.807) is 48.6 Å². The zero-order valence-corrected chi connectivity index (χ0v) is 15.7. The summed E-state index contributed by atoms with van der Waals surface area (Å²) in [5, 5.41) is 6.16. The van der Waals surface area contributed by atoms with E-state index in [0.717, 1.165) is 22.2 Å². The molecule has 0 saturated carbocycles. The molecule has 0 fully saturated rings. The number of rotatable bonds is 6. The van der Waals surface area contributed by atoms with Crippen molar-refractivity contribution in [2.45, 2.75) is 12.7 Å². The number of aliphatic imine (C=N–C) groups is 1. The van der Waals surface area contributed by atoms with Crippen LogP contribution in [0, 0.1) is 6.92 Å². The molecule has 1 aliphatic rings. The minimum absolute atomic E-state index is 0.287. The van der Waals surface area contributed by atoms with Crippen molar-refractivity contribution in [1.82, 2.24) is 5.16 Å². The van der Waals surface area contributed by atoms with E-state index in [4.69, 9.17) is 9.26 Å². The molecule has 1 N–H and O–H groups in total. The number of carbonyl (C=O) groups excluding carboxylic acids is 2. The Morgan fingerprint density at radius 2 is 2.23 bits per heavy atom. The van der Waals surface area contributed by atoms with Crippen LogP contribution in [0.5, 0.6) is 0 Å². The number of anilines is 1. The van der Waals surface area contributed by atoms with Crippen molar-refractivity contribution >= 4 is 45.6 Å². The van der Waals surface area contributed by atoms with Crippen LogP contribution in [0.4, 0.5) is 5.82 Å². The van der Waals surface area contributed by atoms with Crippen LogP contribution in [-0.4, -0.2) is 40.3 Å². The highest BCUT2D eigenvalue weighted by molar-refractivity contribution is 8.38. The Kier molecular flexibility index (Phi) is 6.35. The molecule has 1 aliphatic heterocycles. The number of esters is 1. The van der Waals surface area contributed by atoms with Gasteiger partial charge in [0.25, 0.3) is 5.91 Å². The number of nitrogens with zero attached hydrogens (tertiary/aromatic N) is 2. The van der Waals surface area contributed by atoms with E-state index in [-0.39, 0.29) is 5.82 Å². The van der Waals surface area contributed by atoms with Gasteiger partial charge in [0.1, 0.15) is 10.1 Å². The van der Waals surface area contributed by atoms with Crippen molar-refractivity contribution in [3.8, 4) is 0 Å². The number of hydrogen-bond acceptors (Lipinski definition) is 8. The smallest absolute Gasteiger partial charge is 0.338 e. The molecule has 0 unspecified atom stereocenters. The van der Waals surface area contributed by atoms with Gasteiger partial charge in [-0.05, 0) is 18.6 Å². The number of hydrogen-bond donors (Lipinski definition) is 1. The van der Waals surface area contributed by atoms with Gasteiger partial charge in [-0.15, -0.1) is 0 Å². The summed E-state index contributed by atoms with van der Waals surface area (Å²) in [6.07, 6.45) is 0. The lowest BCUT2D eigenvalue weighted by Gasteiger charge is -2.09. The molecule has 0 atom stereocenters. The van der Waals surface area contributed by atoms with Gasteiger partial charge < -0.3 is 14.6 Å². The molecule has 0 saturated heterocycles. The number of amides is 1. The van der Waals surface area contributed by atoms with Crippen LogP contribution in [0.3, 0.4) is 0 Å². The van der Waals surface area contributed by atoms with Crippen LogP contribution in [-0.2, 0) is 15.3 Å². The maximum atomic E-state index is 12.3. The molecular formula is C17H17N3O4S2. The van der Waals surface area contributed by atoms with Gasteiger partial charge in [-0.2, -0.15) is 0 Å². The van der Waals surface area contributed by atoms with Gasteiger partial charge in [-0.25, -0.2) is 4.79 Å². The number of nitrogens with one attached hydrogen (secondary N) is 1. The molecule has 9 heteroatoms. The highest BCUT2D eigenvalue weighted by atomic mass is 32.2. The summed E-state index contributed by atoms with van der Waals surface area (Å²) in [7, 11) is 0. The second kappa shape index (κ2) is 8.91. The first kappa shape index (κ1) is 18.5. The summed E-state index contributed by atoms with van der Waals surface area (Å²) in [6, 6.07) is 8.79. The predicted octanol–water partition coefficient (Wildman–Crippen LogP) is 3.11. The number of aryl methyl sites for hydroxylation is 1. The fraction of sp³-hybridized carbons (Fsp3) is 0.294. The van der Waals surface area contributed by atoms with Crippen molar-refractivity contribution < 1.29 is 18.8 Å². The van der Waals surface area contributed by atoms with E-state index in [1.807, 2.05) is 12.1 Å². The monoisotopic (exact) mass is 391 g/mol. The molecule has 1 amide bonds. The van der Waals surface area contributed by atoms with Crippen molar-refractivity contribution in [2.24, 2.45) is 4.99 Å². The predicted molar refractivity (Wildman–Crippen MR) is 103 cm³/mol. The van der Waals surface area contributed by atoms with Gasteiger partial charge in [-0.3, -0.25) is 9.79 Å². The lowest BCUT2D eigenvalue weighted by Crippen LogP contribution is -2.21. The summed E-state index contributed by atoms with van der Waals surface area (Å²) < 4.78 is 11.0. The maximum absolute atomic E-state index is 12.3. The fourth-order valence-electron chi connectivity index (χ4n) is 2.20. The quantitative estimate of drug-likeness (QED) is 0.756. The zero-order valence-electron chi connectivity index (χ0n) is 14.1. The van der Waals surface area contributed by atoms with Gasteiger partial charge in [0.15, 0.2) is 12.4 Å². The molecular weight excluding hydrogens is 374 g/mol. The van der Waals surface area contributed by atoms with Crippen LogP contribution >= 0.6 is 23.5 Å². The molecule has 26 heavy (non-hydrogen) atoms. The maximum Gasteiger partial charge on any atom is 0.338 e. The van der Waals surface area contributed by atoms with E-state index in [2.05, 4.69) is 15.5 Å². The molecule has 2 aromatic rings. The molecule has 1 aromatic carbocycles. The molecule has 0 spiro atoms. The van der Waals surface area contributed by atoms with Gasteiger partial charge in [0, 0.05) is 17.6 Å². The van der Waals surface area contributed by atoms with Gasteiger partial charge >= 0.3 is 5.97 Å². The van der Waals surface area contributed by atoms with E-state index in [0.29, 0.717) is 17.1 Å². The average molecular weight is 391 g/mol. The Morgan fingerprint density at radius 1 is 1.38 bits per heavy atom. The molecule has 0 aliphatic carbocycles. The van der Waals surface area contributed by atoms with Crippen molar-refractivity contribution in [2.75, 3.05) is 24.2 Å². The molecule has 136 valence electrons. The van der Waals surface area contributed by atoms with E-state index < -0.39 is 18.5 Å². The lowest BCUT2D eigenvalue weighted by molar-refractivity contribution is -0.119. The zero-order chi connectivity index (χ0) is 18.4. The molecule has 1 aromatic heterocycles. The summed E-state index contributed by atoms with van der Waals surface area (Å²) >= 11 is 3.33. The number of carbonyl (C=O) groups is 2. The average Bonchev–Trinajstić information content (AvgIpc) is 3.30. The number of thioether (sulfide) groups is 2. The first-order chi connectivity index (χ1) is 12.6. The van der Waals surface area contributed by atoms with Crippen LogP contribution in [0.15, 0.2) is 39.8 Å². The highest BCUT2D eigenvalue weighted by Gasteiger charge is 2.16. The largest absolute Gasteiger partial charge is 0.452 e. The molecule has 7 nitrogen and oxygen atoms in total. The lowest BCUT2D eigenvalue weighted by atomic mass is 10.1. The van der Waals surface area contributed by atoms with Gasteiger partial charge in [0.05, 0.1) is 12.1 Å². The Morgan fingerprint density at radius 3 is 2.96 bits per heavy atom. The third-order valence-corrected chi connectivity index (χ3v) is 5.68. The second-order valence-corrected chi connectivity index (χ2v) is 7.70. The van der Waals surface area contributed by atoms with Crippen LogP contribution < -0.4 is 5.32 Å². The summed E-state index contributed by atoms with van der Waals surface area (Å²) in [4.78, 5) is 28.6. The standard InChI is InChI=1S/C17H17N3O4S2/c1-11-8-14(20-24-11)19-15(21)9-23-16(22)13-5-3-2-4-12(13)10-26-17-18-6-7-25-17/h2-5,8H,6-7,9-10H2,1H3,(H,19,20,21). The third kappa shape index (κ3) is 5.12. The Bertz CT molecular complexity index is 835. The van der Waals surface area contributed by atoms with Gasteiger partial charge in [-0.1, -0.05) is 46.9 Å². The third-order valence-electron chi connectivity index (χ3n) is 3.38. The summed E-state index contributed by atoms with van der Waals surface area (Å²) in [5.41, 5.74) is 1.30. The summed E-state index contributed by atoms with van der Waals surface area (Å²) in [5.74, 6) is 1.49. The minimum atomic E-state index is -0.534. The topological polar surface area (TPSA) is 93.8 Å². The Labute approximate surface area is 158 Å². The van der Waals surface area contributed by atoms with E-state index in [1.165, 1.54) is 0 Å². The Balaban J connectivity index is 1.54. The van der Waals surface area contributed by atoms with Crippen LogP contribution in [0.2, 0.25) is 0 Å². The van der Waals surface area contributed by atoms with E-state index >= 15 is 0 Å². The van der Waals surface area contributed by atoms with Crippen LogP contribution in [0.25, 0.3) is 0 Å². The first-order valence-electron chi connectivity index (χ1n) is 7.90. The molecule has 3 rings (SSSR count). The molecule has 0 bridgehead atoms. The second-order valence-electron chi connectivity index (χ2n) is 5.39. The SMILES string of the molecule is Cc1cc(NC(=O)COC(=O)c2ccccc2CSC2=NCCS2)no1. The number of aromatic nitrogens is 1. The minimum Gasteiger partial charge on any atom is -0.452 e. The van der Waals surface area contributed by atoms with Gasteiger partial charge in [0.2, 0.25) is 0 Å². The van der Waals surface area contributed by atoms with Crippen LogP contribution in [0.1, 0.15) is 21.7 Å². The fourth-order valence-corrected chi connectivity index (χ4v) is 4.21.